The molecule has 0 unspecified atom stereocenters. The van der Waals surface area contributed by atoms with Crippen molar-refractivity contribution in [3.8, 4) is 11.5 Å². The van der Waals surface area contributed by atoms with E-state index in [0.717, 1.165) is 26.1 Å². The second-order valence-electron chi connectivity index (χ2n) is 8.73. The molecule has 31 heavy (non-hydrogen) atoms. The molecule has 0 atom stereocenters. The standard InChI is InChI=1S/C23H29N7O/c1-15(2)12-29-9-8-17-11-24-20(10-18(17)13-29)23(31)27-21-7-5-6-19(26-21)22-28-25-14-30(22)16(3)4/h5-7,10-11,14-16H,8-9,12-13H2,1-4H3,(H,26,27,31). The van der Waals surface area contributed by atoms with E-state index in [9.17, 15) is 4.79 Å². The van der Waals surface area contributed by atoms with Gasteiger partial charge < -0.3 is 9.88 Å². The Balaban J connectivity index is 1.51. The predicted octanol–water partition coefficient (Wildman–Crippen LogP) is 3.58. The van der Waals surface area contributed by atoms with E-state index in [0.29, 0.717) is 28.9 Å². The molecule has 0 spiro atoms. The lowest BCUT2D eigenvalue weighted by Crippen LogP contribution is -2.33. The fourth-order valence-electron chi connectivity index (χ4n) is 3.91. The van der Waals surface area contributed by atoms with E-state index in [1.807, 2.05) is 29.0 Å². The van der Waals surface area contributed by atoms with Gasteiger partial charge in [-0.1, -0.05) is 19.9 Å². The third-order valence-corrected chi connectivity index (χ3v) is 5.38. The molecule has 8 nitrogen and oxygen atoms in total. The zero-order valence-electron chi connectivity index (χ0n) is 18.5. The fraction of sp³-hybridized carbons (Fsp3) is 0.435. The Morgan fingerprint density at radius 2 is 2.03 bits per heavy atom. The summed E-state index contributed by atoms with van der Waals surface area (Å²) in [5.74, 6) is 1.48. The smallest absolute Gasteiger partial charge is 0.275 e. The first-order chi connectivity index (χ1) is 14.9. The van der Waals surface area contributed by atoms with Crippen molar-refractivity contribution in [2.45, 2.75) is 46.7 Å². The van der Waals surface area contributed by atoms with E-state index in [4.69, 9.17) is 0 Å². The van der Waals surface area contributed by atoms with Crippen molar-refractivity contribution in [2.75, 3.05) is 18.4 Å². The van der Waals surface area contributed by atoms with Gasteiger partial charge in [-0.05, 0) is 55.5 Å². The first kappa shape index (κ1) is 21.1. The number of hydrogen-bond acceptors (Lipinski definition) is 6. The molecule has 0 saturated heterocycles. The number of nitrogens with zero attached hydrogens (tertiary/aromatic N) is 6. The lowest BCUT2D eigenvalue weighted by molar-refractivity contribution is 0.102. The summed E-state index contributed by atoms with van der Waals surface area (Å²) in [4.78, 5) is 24.3. The van der Waals surface area contributed by atoms with Gasteiger partial charge in [0.15, 0.2) is 5.82 Å². The van der Waals surface area contributed by atoms with Gasteiger partial charge in [0.1, 0.15) is 23.5 Å². The van der Waals surface area contributed by atoms with Crippen LogP contribution in [0.15, 0.2) is 36.8 Å². The Hall–Kier alpha value is -3.13. The molecule has 1 N–H and O–H groups in total. The Bertz CT molecular complexity index is 1070. The lowest BCUT2D eigenvalue weighted by atomic mass is 10.00. The van der Waals surface area contributed by atoms with Gasteiger partial charge in [0.25, 0.3) is 5.91 Å². The summed E-state index contributed by atoms with van der Waals surface area (Å²) in [6.45, 7) is 11.5. The van der Waals surface area contributed by atoms with E-state index < -0.39 is 0 Å². The number of carbonyl (C=O) groups is 1. The van der Waals surface area contributed by atoms with Gasteiger partial charge in [0, 0.05) is 31.9 Å². The molecule has 162 valence electrons. The van der Waals surface area contributed by atoms with Crippen LogP contribution in [0.2, 0.25) is 0 Å². The van der Waals surface area contributed by atoms with Crippen molar-refractivity contribution in [1.82, 2.24) is 29.6 Å². The molecule has 4 heterocycles. The molecule has 1 amide bonds. The van der Waals surface area contributed by atoms with E-state index in [1.54, 1.807) is 12.4 Å². The molecule has 0 aromatic carbocycles. The van der Waals surface area contributed by atoms with Crippen LogP contribution in [-0.4, -0.2) is 48.6 Å². The van der Waals surface area contributed by atoms with Crippen molar-refractivity contribution in [2.24, 2.45) is 5.92 Å². The Morgan fingerprint density at radius 3 is 2.81 bits per heavy atom. The summed E-state index contributed by atoms with van der Waals surface area (Å²) in [6.07, 6.45) is 4.50. The van der Waals surface area contributed by atoms with E-state index >= 15 is 0 Å². The zero-order valence-corrected chi connectivity index (χ0v) is 18.5. The molecule has 3 aromatic rings. The molecule has 0 fully saturated rings. The average Bonchev–Trinajstić information content (AvgIpc) is 3.23. The molecule has 0 radical (unpaired) electrons. The highest BCUT2D eigenvalue weighted by Crippen LogP contribution is 2.22. The summed E-state index contributed by atoms with van der Waals surface area (Å²) < 4.78 is 1.95. The van der Waals surface area contributed by atoms with Gasteiger partial charge in [-0.25, -0.2) is 4.98 Å². The third kappa shape index (κ3) is 4.80. The number of pyridine rings is 2. The second kappa shape index (κ2) is 8.93. The number of fused-ring (bicyclic) bond motifs is 1. The highest BCUT2D eigenvalue weighted by atomic mass is 16.1. The number of anilines is 1. The maximum atomic E-state index is 12.9. The van der Waals surface area contributed by atoms with Crippen molar-refractivity contribution >= 4 is 11.7 Å². The largest absolute Gasteiger partial charge is 0.310 e. The van der Waals surface area contributed by atoms with Crippen LogP contribution in [0.4, 0.5) is 5.82 Å². The number of aromatic nitrogens is 5. The van der Waals surface area contributed by atoms with E-state index in [2.05, 4.69) is 58.1 Å². The van der Waals surface area contributed by atoms with Crippen molar-refractivity contribution in [3.05, 3.63) is 53.6 Å². The fourth-order valence-corrected chi connectivity index (χ4v) is 3.91. The van der Waals surface area contributed by atoms with E-state index in [-0.39, 0.29) is 11.9 Å². The SMILES string of the molecule is CC(C)CN1CCc2cnc(C(=O)Nc3cccc(-c4nncn4C(C)C)n3)cc2C1. The quantitative estimate of drug-likeness (QED) is 0.657. The molecule has 8 heteroatoms. The highest BCUT2D eigenvalue weighted by Gasteiger charge is 2.20. The Morgan fingerprint density at radius 1 is 1.19 bits per heavy atom. The van der Waals surface area contributed by atoms with Crippen molar-refractivity contribution in [3.63, 3.8) is 0 Å². The van der Waals surface area contributed by atoms with Crippen LogP contribution in [0.5, 0.6) is 0 Å². The normalized spacial score (nSPS) is 14.1. The number of nitrogens with one attached hydrogen (secondary N) is 1. The first-order valence-corrected chi connectivity index (χ1v) is 10.8. The van der Waals surface area contributed by atoms with Gasteiger partial charge in [-0.2, -0.15) is 0 Å². The molecule has 3 aromatic heterocycles. The molecular weight excluding hydrogens is 390 g/mol. The maximum Gasteiger partial charge on any atom is 0.275 e. The minimum atomic E-state index is -0.265. The van der Waals surface area contributed by atoms with Gasteiger partial charge in [0.2, 0.25) is 0 Å². The number of carbonyl (C=O) groups excluding carboxylic acids is 1. The molecule has 1 aliphatic rings. The summed E-state index contributed by atoms with van der Waals surface area (Å²) in [5, 5.41) is 11.1. The van der Waals surface area contributed by atoms with Crippen LogP contribution in [0, 0.1) is 5.92 Å². The molecular formula is C23H29N7O. The number of hydrogen-bond donors (Lipinski definition) is 1. The molecule has 0 saturated carbocycles. The Kier molecular flexibility index (Phi) is 6.08. The zero-order chi connectivity index (χ0) is 22.0. The number of rotatable bonds is 6. The Labute approximate surface area is 182 Å². The van der Waals surface area contributed by atoms with Gasteiger partial charge in [-0.15, -0.1) is 10.2 Å². The summed E-state index contributed by atoms with van der Waals surface area (Å²) in [6, 6.07) is 7.59. The predicted molar refractivity (Wildman–Crippen MR) is 120 cm³/mol. The average molecular weight is 420 g/mol. The van der Waals surface area contributed by atoms with Crippen molar-refractivity contribution in [1.29, 1.82) is 0 Å². The molecule has 0 aliphatic carbocycles. The minimum Gasteiger partial charge on any atom is -0.310 e. The van der Waals surface area contributed by atoms with Crippen LogP contribution >= 0.6 is 0 Å². The monoisotopic (exact) mass is 419 g/mol. The van der Waals surface area contributed by atoms with Crippen LogP contribution in [0.25, 0.3) is 11.5 Å². The summed E-state index contributed by atoms with van der Waals surface area (Å²) >= 11 is 0. The van der Waals surface area contributed by atoms with Gasteiger partial charge >= 0.3 is 0 Å². The van der Waals surface area contributed by atoms with Gasteiger partial charge in [-0.3, -0.25) is 14.7 Å². The first-order valence-electron chi connectivity index (χ1n) is 10.8. The van der Waals surface area contributed by atoms with Crippen LogP contribution in [-0.2, 0) is 13.0 Å². The second-order valence-corrected chi connectivity index (χ2v) is 8.73. The van der Waals surface area contributed by atoms with E-state index in [1.165, 1.54) is 11.1 Å². The number of amides is 1. The van der Waals surface area contributed by atoms with Crippen molar-refractivity contribution < 1.29 is 4.79 Å². The molecule has 4 rings (SSSR count). The third-order valence-electron chi connectivity index (χ3n) is 5.38. The summed E-state index contributed by atoms with van der Waals surface area (Å²) in [7, 11) is 0. The minimum absolute atomic E-state index is 0.208. The van der Waals surface area contributed by atoms with Gasteiger partial charge in [0.05, 0.1) is 0 Å². The van der Waals surface area contributed by atoms with Crippen LogP contribution in [0.3, 0.4) is 0 Å². The van der Waals surface area contributed by atoms with Crippen LogP contribution < -0.4 is 5.32 Å². The highest BCUT2D eigenvalue weighted by molar-refractivity contribution is 6.02. The summed E-state index contributed by atoms with van der Waals surface area (Å²) in [5.41, 5.74) is 3.47. The van der Waals surface area contributed by atoms with Crippen LogP contribution in [0.1, 0.15) is 55.4 Å². The molecule has 0 bridgehead atoms. The lowest BCUT2D eigenvalue weighted by Gasteiger charge is -2.30. The molecule has 1 aliphatic heterocycles. The topological polar surface area (TPSA) is 88.8 Å². The maximum absolute atomic E-state index is 12.9.